The lowest BCUT2D eigenvalue weighted by Gasteiger charge is -2.26. The van der Waals surface area contributed by atoms with Gasteiger partial charge in [-0.2, -0.15) is 0 Å². The summed E-state index contributed by atoms with van der Waals surface area (Å²) in [5.74, 6) is -0.0668. The summed E-state index contributed by atoms with van der Waals surface area (Å²) >= 11 is 6.67. The van der Waals surface area contributed by atoms with E-state index in [2.05, 4.69) is 0 Å². The molecule has 10 heteroatoms. The van der Waals surface area contributed by atoms with Crippen molar-refractivity contribution >= 4 is 52.2 Å². The Morgan fingerprint density at radius 3 is 2.51 bits per heavy atom. The van der Waals surface area contributed by atoms with E-state index < -0.39 is 12.0 Å². The lowest BCUT2D eigenvalue weighted by atomic mass is 10.1. The largest absolute Gasteiger partial charge is 0.493 e. The molecule has 1 atom stereocenters. The summed E-state index contributed by atoms with van der Waals surface area (Å²) in [6.07, 6.45) is 5.54. The van der Waals surface area contributed by atoms with Crippen molar-refractivity contribution in [2.75, 3.05) is 33.4 Å². The van der Waals surface area contributed by atoms with Gasteiger partial charge in [-0.3, -0.25) is 14.5 Å². The van der Waals surface area contributed by atoms with Crippen molar-refractivity contribution < 1.29 is 28.6 Å². The number of ether oxygens (including phenoxy) is 3. The van der Waals surface area contributed by atoms with E-state index in [1.807, 2.05) is 17.9 Å². The Hall–Kier alpha value is -3.37. The van der Waals surface area contributed by atoms with Crippen LogP contribution in [-0.2, 0) is 19.1 Å². The molecule has 0 aliphatic carbocycles. The van der Waals surface area contributed by atoms with Crippen LogP contribution in [-0.4, -0.2) is 65.3 Å². The lowest BCUT2D eigenvalue weighted by Crippen LogP contribution is -2.38. The average molecular weight is 569 g/mol. The van der Waals surface area contributed by atoms with Crippen LogP contribution in [0.2, 0.25) is 0 Å². The summed E-state index contributed by atoms with van der Waals surface area (Å²) in [6.45, 7) is 3.62. The highest BCUT2D eigenvalue weighted by molar-refractivity contribution is 8.26. The quantitative estimate of drug-likeness (QED) is 0.225. The van der Waals surface area contributed by atoms with E-state index in [-0.39, 0.29) is 29.3 Å². The summed E-state index contributed by atoms with van der Waals surface area (Å²) in [6, 6.07) is 13.3. The molecule has 2 aliphatic heterocycles. The van der Waals surface area contributed by atoms with Crippen LogP contribution in [0.15, 0.2) is 53.4 Å². The van der Waals surface area contributed by atoms with Crippen LogP contribution < -0.4 is 9.47 Å². The molecule has 0 aromatic heterocycles. The molecule has 2 aromatic rings. The van der Waals surface area contributed by atoms with E-state index in [9.17, 15) is 14.4 Å². The lowest BCUT2D eigenvalue weighted by molar-refractivity contribution is -0.151. The maximum atomic E-state index is 13.5. The number of amides is 2. The van der Waals surface area contributed by atoms with Crippen LogP contribution in [0.25, 0.3) is 6.08 Å². The zero-order valence-electron chi connectivity index (χ0n) is 22.1. The summed E-state index contributed by atoms with van der Waals surface area (Å²) < 4.78 is 17.0. The van der Waals surface area contributed by atoms with Gasteiger partial charge in [-0.15, -0.1) is 0 Å². The van der Waals surface area contributed by atoms with E-state index >= 15 is 0 Å². The van der Waals surface area contributed by atoms with Crippen molar-refractivity contribution in [3.63, 3.8) is 0 Å². The van der Waals surface area contributed by atoms with Crippen LogP contribution in [0, 0.1) is 0 Å². The maximum absolute atomic E-state index is 13.5. The maximum Gasteiger partial charge on any atom is 0.333 e. The second-order valence-electron chi connectivity index (χ2n) is 9.17. The monoisotopic (exact) mass is 568 g/mol. The smallest absolute Gasteiger partial charge is 0.333 e. The van der Waals surface area contributed by atoms with E-state index in [4.69, 9.17) is 26.4 Å². The van der Waals surface area contributed by atoms with Crippen molar-refractivity contribution in [1.29, 1.82) is 0 Å². The highest BCUT2D eigenvalue weighted by atomic mass is 32.2. The molecule has 8 nitrogen and oxygen atoms in total. The molecule has 1 unspecified atom stereocenters. The van der Waals surface area contributed by atoms with Gasteiger partial charge >= 0.3 is 5.97 Å². The number of piperidine rings is 1. The standard InChI is InChI=1S/C29H32N2O6S2/c1-3-16-36-28(34)26(21-10-6-4-7-11-21)31-27(33)24(39-29(31)38)18-20-12-13-22(23(17-20)35-2)37-19-25(32)30-14-8-5-9-15-30/h4,6-7,10-13,17-18,26H,3,5,8-9,14-16,19H2,1-2H3/b24-18+. The number of carbonyl (C=O) groups is 3. The summed E-state index contributed by atoms with van der Waals surface area (Å²) in [5, 5.41) is 0. The second kappa shape index (κ2) is 13.6. The van der Waals surface area contributed by atoms with Gasteiger partial charge in [0, 0.05) is 13.1 Å². The molecule has 206 valence electrons. The normalized spacial score (nSPS) is 17.3. The Morgan fingerprint density at radius 1 is 1.08 bits per heavy atom. The second-order valence-corrected chi connectivity index (χ2v) is 10.8. The molecule has 0 radical (unpaired) electrons. The fourth-order valence-corrected chi connectivity index (χ4v) is 5.74. The van der Waals surface area contributed by atoms with E-state index in [1.54, 1.807) is 48.5 Å². The number of methoxy groups -OCH3 is 1. The van der Waals surface area contributed by atoms with Gasteiger partial charge in [0.05, 0.1) is 18.6 Å². The van der Waals surface area contributed by atoms with Gasteiger partial charge < -0.3 is 19.1 Å². The van der Waals surface area contributed by atoms with E-state index in [0.29, 0.717) is 34.0 Å². The molecule has 2 fully saturated rings. The predicted molar refractivity (Wildman–Crippen MR) is 154 cm³/mol. The summed E-state index contributed by atoms with van der Waals surface area (Å²) in [5.41, 5.74) is 1.31. The number of hydrogen-bond donors (Lipinski definition) is 0. The highest BCUT2D eigenvalue weighted by Gasteiger charge is 2.42. The van der Waals surface area contributed by atoms with Crippen molar-refractivity contribution in [1.82, 2.24) is 9.80 Å². The summed E-state index contributed by atoms with van der Waals surface area (Å²) in [4.78, 5) is 42.5. The van der Waals surface area contributed by atoms with Crippen LogP contribution >= 0.6 is 24.0 Å². The van der Waals surface area contributed by atoms with Crippen LogP contribution in [0.3, 0.4) is 0 Å². The number of likely N-dealkylation sites (tertiary alicyclic amines) is 1. The van der Waals surface area contributed by atoms with Gasteiger partial charge in [-0.25, -0.2) is 4.79 Å². The Bertz CT molecular complexity index is 1240. The molecular weight excluding hydrogens is 536 g/mol. The van der Waals surface area contributed by atoms with Crippen molar-refractivity contribution in [3.8, 4) is 11.5 Å². The fourth-order valence-electron chi connectivity index (χ4n) is 4.43. The molecule has 2 aliphatic rings. The SMILES string of the molecule is CCCOC(=O)C(c1ccccc1)N1C(=O)/C(=C\c2ccc(OCC(=O)N3CCCCC3)c(OC)c2)SC1=S. The molecule has 2 saturated heterocycles. The molecule has 0 saturated carbocycles. The Balaban J connectivity index is 1.51. The average Bonchev–Trinajstić information content (AvgIpc) is 3.24. The zero-order valence-corrected chi connectivity index (χ0v) is 23.7. The molecule has 0 spiro atoms. The van der Waals surface area contributed by atoms with E-state index in [1.165, 1.54) is 12.0 Å². The first kappa shape index (κ1) is 28.6. The Labute approximate surface area is 238 Å². The number of rotatable bonds is 10. The molecule has 2 heterocycles. The third-order valence-electron chi connectivity index (χ3n) is 6.41. The molecule has 2 amide bonds. The van der Waals surface area contributed by atoms with Crippen molar-refractivity contribution in [2.24, 2.45) is 0 Å². The molecular formula is C29H32N2O6S2. The van der Waals surface area contributed by atoms with Crippen LogP contribution in [0.4, 0.5) is 0 Å². The number of thiocarbonyl (C=S) groups is 1. The summed E-state index contributed by atoms with van der Waals surface area (Å²) in [7, 11) is 1.52. The Morgan fingerprint density at radius 2 is 1.82 bits per heavy atom. The molecule has 39 heavy (non-hydrogen) atoms. The van der Waals surface area contributed by atoms with Crippen LogP contribution in [0.1, 0.15) is 49.8 Å². The number of thioether (sulfide) groups is 1. The third kappa shape index (κ3) is 6.99. The molecule has 4 rings (SSSR count). The van der Waals surface area contributed by atoms with Gasteiger partial charge in [0.2, 0.25) is 0 Å². The van der Waals surface area contributed by atoms with Gasteiger partial charge in [0.25, 0.3) is 11.8 Å². The third-order valence-corrected chi connectivity index (χ3v) is 7.74. The van der Waals surface area contributed by atoms with Crippen molar-refractivity contribution in [2.45, 2.75) is 38.6 Å². The molecule has 0 bridgehead atoms. The Kier molecular flexibility index (Phi) is 10.00. The first-order chi connectivity index (χ1) is 18.9. The van der Waals surface area contributed by atoms with Crippen molar-refractivity contribution in [3.05, 3.63) is 64.6 Å². The highest BCUT2D eigenvalue weighted by Crippen LogP contribution is 2.39. The number of hydrogen-bond acceptors (Lipinski definition) is 8. The molecule has 0 N–H and O–H groups in total. The zero-order chi connectivity index (χ0) is 27.8. The minimum absolute atomic E-state index is 0.0464. The van der Waals surface area contributed by atoms with Gasteiger partial charge in [0.15, 0.2) is 24.1 Å². The first-order valence-corrected chi connectivity index (χ1v) is 14.2. The minimum atomic E-state index is -0.973. The van der Waals surface area contributed by atoms with Crippen LogP contribution in [0.5, 0.6) is 11.5 Å². The fraction of sp³-hybridized carbons (Fsp3) is 0.379. The number of nitrogens with zero attached hydrogens (tertiary/aromatic N) is 2. The topological polar surface area (TPSA) is 85.4 Å². The van der Waals surface area contributed by atoms with E-state index in [0.717, 1.165) is 44.1 Å². The van der Waals surface area contributed by atoms with Gasteiger partial charge in [0.1, 0.15) is 4.32 Å². The number of carbonyl (C=O) groups excluding carboxylic acids is 3. The predicted octanol–water partition coefficient (Wildman–Crippen LogP) is 4.98. The molecule has 2 aromatic carbocycles. The van der Waals surface area contributed by atoms with Gasteiger partial charge in [-0.1, -0.05) is 67.3 Å². The minimum Gasteiger partial charge on any atom is -0.493 e. The number of esters is 1. The van der Waals surface area contributed by atoms with Gasteiger partial charge in [-0.05, 0) is 55.0 Å². The first-order valence-electron chi connectivity index (χ1n) is 13.0. The number of benzene rings is 2.